The van der Waals surface area contributed by atoms with E-state index in [9.17, 15) is 14.4 Å². The molecule has 1 aliphatic heterocycles. The molecule has 0 radical (unpaired) electrons. The molecule has 1 atom stereocenters. The van der Waals surface area contributed by atoms with Crippen LogP contribution in [0.2, 0.25) is 0 Å². The summed E-state index contributed by atoms with van der Waals surface area (Å²) in [4.78, 5) is 40.2. The number of nitrogens with zero attached hydrogens (tertiary/aromatic N) is 5. The fraction of sp³-hybridized carbons (Fsp3) is 0.765. The first-order chi connectivity index (χ1) is 13.7. The highest BCUT2D eigenvalue weighted by atomic mass is 16.6. The molecule has 162 valence electrons. The summed E-state index contributed by atoms with van der Waals surface area (Å²) in [6.45, 7) is 8.73. The van der Waals surface area contributed by atoms with Crippen molar-refractivity contribution in [2.24, 2.45) is 0 Å². The smallest absolute Gasteiger partial charge is 0.409 e. The normalized spacial score (nSPS) is 15.6. The Morgan fingerprint density at radius 3 is 2.38 bits per heavy atom. The van der Waals surface area contributed by atoms with Gasteiger partial charge in [-0.2, -0.15) is 5.21 Å². The maximum Gasteiger partial charge on any atom is 0.409 e. The van der Waals surface area contributed by atoms with Crippen molar-refractivity contribution in [1.29, 1.82) is 0 Å². The largest absolute Gasteiger partial charge is 0.450 e. The Morgan fingerprint density at radius 1 is 1.17 bits per heavy atom. The second-order valence-corrected chi connectivity index (χ2v) is 7.58. The van der Waals surface area contributed by atoms with Crippen LogP contribution in [0.1, 0.15) is 39.9 Å². The third-order valence-electron chi connectivity index (χ3n) is 4.15. The average molecular weight is 411 g/mol. The van der Waals surface area contributed by atoms with Crippen molar-refractivity contribution in [3.05, 3.63) is 5.82 Å². The quantitative estimate of drug-likeness (QED) is 0.682. The van der Waals surface area contributed by atoms with Gasteiger partial charge in [-0.3, -0.25) is 4.79 Å². The highest BCUT2D eigenvalue weighted by Gasteiger charge is 2.31. The standard InChI is InChI=1S/C17H29N7O5/c1-5-28-16(27)24-10-8-23(9-11-24)14(25)12(6-7-13-19-21-22-20-13)18-15(26)29-17(2,3)4/h12H,5-11H2,1-4H3,(H,18,26)(H,19,20,21,22). The number of rotatable bonds is 6. The number of H-pyrrole nitrogens is 1. The lowest BCUT2D eigenvalue weighted by molar-refractivity contribution is -0.135. The van der Waals surface area contributed by atoms with Crippen molar-refractivity contribution in [1.82, 2.24) is 35.7 Å². The Bertz CT molecular complexity index is 681. The van der Waals surface area contributed by atoms with Crippen molar-refractivity contribution in [2.45, 2.75) is 52.2 Å². The lowest BCUT2D eigenvalue weighted by Gasteiger charge is -2.36. The van der Waals surface area contributed by atoms with Gasteiger partial charge in [0.1, 0.15) is 11.6 Å². The second-order valence-electron chi connectivity index (χ2n) is 7.58. The Hall–Kier alpha value is -2.92. The number of carbonyl (C=O) groups excluding carboxylic acids is 3. The van der Waals surface area contributed by atoms with Crippen LogP contribution in [0.15, 0.2) is 0 Å². The molecular weight excluding hydrogens is 382 g/mol. The number of tetrazole rings is 1. The highest BCUT2D eigenvalue weighted by molar-refractivity contribution is 5.86. The Balaban J connectivity index is 1.98. The monoisotopic (exact) mass is 411 g/mol. The van der Waals surface area contributed by atoms with E-state index in [-0.39, 0.29) is 18.4 Å². The number of amides is 3. The summed E-state index contributed by atoms with van der Waals surface area (Å²) in [5, 5.41) is 16.2. The summed E-state index contributed by atoms with van der Waals surface area (Å²) in [6.07, 6.45) is -0.421. The van der Waals surface area contributed by atoms with E-state index in [0.29, 0.717) is 45.0 Å². The van der Waals surface area contributed by atoms with Gasteiger partial charge in [0.05, 0.1) is 6.61 Å². The molecule has 1 aliphatic rings. The zero-order chi connectivity index (χ0) is 21.4. The molecule has 2 rings (SSSR count). The van der Waals surface area contributed by atoms with Crippen molar-refractivity contribution < 1.29 is 23.9 Å². The molecule has 0 aromatic carbocycles. The first-order valence-electron chi connectivity index (χ1n) is 9.62. The van der Waals surface area contributed by atoms with E-state index in [0.717, 1.165) is 0 Å². The SMILES string of the molecule is CCOC(=O)N1CCN(C(=O)C(CCc2nn[nH]n2)NC(=O)OC(C)(C)C)CC1. The minimum absolute atomic E-state index is 0.247. The Morgan fingerprint density at radius 2 is 1.83 bits per heavy atom. The molecule has 2 N–H and O–H groups in total. The predicted octanol–water partition coefficient (Wildman–Crippen LogP) is 0.326. The minimum Gasteiger partial charge on any atom is -0.450 e. The predicted molar refractivity (Wildman–Crippen MR) is 101 cm³/mol. The van der Waals surface area contributed by atoms with Gasteiger partial charge in [0.15, 0.2) is 5.82 Å². The molecule has 1 fully saturated rings. The molecule has 0 spiro atoms. The van der Waals surface area contributed by atoms with Crippen LogP contribution >= 0.6 is 0 Å². The topological polar surface area (TPSA) is 143 Å². The molecule has 0 bridgehead atoms. The van der Waals surface area contributed by atoms with Crippen LogP contribution in [0.3, 0.4) is 0 Å². The third-order valence-corrected chi connectivity index (χ3v) is 4.15. The summed E-state index contributed by atoms with van der Waals surface area (Å²) in [6, 6.07) is -0.808. The number of carbonyl (C=O) groups is 3. The van der Waals surface area contributed by atoms with Crippen molar-refractivity contribution in [2.75, 3.05) is 32.8 Å². The van der Waals surface area contributed by atoms with Gasteiger partial charge in [-0.1, -0.05) is 5.21 Å². The average Bonchev–Trinajstić information content (AvgIpc) is 3.17. The maximum absolute atomic E-state index is 13.0. The van der Waals surface area contributed by atoms with Crippen LogP contribution in [0.25, 0.3) is 0 Å². The fourth-order valence-electron chi connectivity index (χ4n) is 2.81. The molecule has 12 heteroatoms. The lowest BCUT2D eigenvalue weighted by Crippen LogP contribution is -2.56. The zero-order valence-corrected chi connectivity index (χ0v) is 17.3. The van der Waals surface area contributed by atoms with E-state index in [1.54, 1.807) is 37.5 Å². The molecule has 2 heterocycles. The van der Waals surface area contributed by atoms with Crippen molar-refractivity contribution in [3.8, 4) is 0 Å². The Labute approximate surface area is 169 Å². The maximum atomic E-state index is 13.0. The van der Waals surface area contributed by atoms with Crippen LogP contribution in [-0.2, 0) is 20.7 Å². The third kappa shape index (κ3) is 7.20. The van der Waals surface area contributed by atoms with Gasteiger partial charge in [-0.25, -0.2) is 9.59 Å². The van der Waals surface area contributed by atoms with E-state index in [1.807, 2.05) is 0 Å². The number of nitrogens with one attached hydrogen (secondary N) is 2. The van der Waals surface area contributed by atoms with Gasteiger partial charge in [0.25, 0.3) is 0 Å². The fourth-order valence-corrected chi connectivity index (χ4v) is 2.81. The van der Waals surface area contributed by atoms with Crippen LogP contribution in [0, 0.1) is 0 Å². The molecule has 0 saturated carbocycles. The van der Waals surface area contributed by atoms with Gasteiger partial charge >= 0.3 is 12.2 Å². The van der Waals surface area contributed by atoms with Gasteiger partial charge in [-0.15, -0.1) is 10.2 Å². The summed E-state index contributed by atoms with van der Waals surface area (Å²) in [7, 11) is 0. The number of alkyl carbamates (subject to hydrolysis) is 1. The van der Waals surface area contributed by atoms with Gasteiger partial charge in [0, 0.05) is 32.6 Å². The van der Waals surface area contributed by atoms with Crippen LogP contribution < -0.4 is 5.32 Å². The van der Waals surface area contributed by atoms with E-state index >= 15 is 0 Å². The molecule has 1 saturated heterocycles. The van der Waals surface area contributed by atoms with Crippen LogP contribution in [0.4, 0.5) is 9.59 Å². The minimum atomic E-state index is -0.808. The zero-order valence-electron chi connectivity index (χ0n) is 17.3. The number of ether oxygens (including phenoxy) is 2. The van der Waals surface area contributed by atoms with E-state index in [1.165, 1.54) is 0 Å². The van der Waals surface area contributed by atoms with Crippen molar-refractivity contribution >= 4 is 18.1 Å². The van der Waals surface area contributed by atoms with E-state index in [4.69, 9.17) is 9.47 Å². The molecule has 1 aromatic rings. The van der Waals surface area contributed by atoms with E-state index in [2.05, 4.69) is 25.9 Å². The molecule has 29 heavy (non-hydrogen) atoms. The molecular formula is C17H29N7O5. The van der Waals surface area contributed by atoms with Gasteiger partial charge in [0.2, 0.25) is 5.91 Å². The molecule has 1 unspecified atom stereocenters. The Kier molecular flexibility index (Phi) is 7.74. The highest BCUT2D eigenvalue weighted by Crippen LogP contribution is 2.11. The number of aryl methyl sites for hydroxylation is 1. The molecule has 3 amide bonds. The number of hydrogen-bond acceptors (Lipinski definition) is 8. The summed E-state index contributed by atoms with van der Waals surface area (Å²) in [5.41, 5.74) is -0.684. The van der Waals surface area contributed by atoms with Crippen LogP contribution in [-0.4, -0.2) is 92.9 Å². The summed E-state index contributed by atoms with van der Waals surface area (Å²) >= 11 is 0. The van der Waals surface area contributed by atoms with Crippen molar-refractivity contribution in [3.63, 3.8) is 0 Å². The van der Waals surface area contributed by atoms with Gasteiger partial charge < -0.3 is 24.6 Å². The van der Waals surface area contributed by atoms with Gasteiger partial charge in [-0.05, 0) is 34.1 Å². The lowest BCUT2D eigenvalue weighted by atomic mass is 10.1. The number of hydrogen-bond donors (Lipinski definition) is 2. The summed E-state index contributed by atoms with van der Waals surface area (Å²) in [5.74, 6) is 0.198. The second kappa shape index (κ2) is 10.0. The molecule has 0 aliphatic carbocycles. The first kappa shape index (κ1) is 22.4. The van der Waals surface area contributed by atoms with E-state index < -0.39 is 17.7 Å². The number of aromatic nitrogens is 4. The first-order valence-corrected chi connectivity index (χ1v) is 9.62. The summed E-state index contributed by atoms with van der Waals surface area (Å²) < 4.78 is 10.3. The van der Waals surface area contributed by atoms with Crippen LogP contribution in [0.5, 0.6) is 0 Å². The number of piperazine rings is 1. The molecule has 12 nitrogen and oxygen atoms in total. The molecule has 1 aromatic heterocycles. The number of aromatic amines is 1.